The lowest BCUT2D eigenvalue weighted by Crippen LogP contribution is -2.37. The topological polar surface area (TPSA) is 24.4 Å². The Hall–Kier alpha value is 0.170. The third-order valence-electron chi connectivity index (χ3n) is 2.51. The zero-order valence-corrected chi connectivity index (χ0v) is 10.5. The molecule has 0 aromatic rings. The van der Waals surface area contributed by atoms with Crippen molar-refractivity contribution in [3.63, 3.8) is 0 Å². The summed E-state index contributed by atoms with van der Waals surface area (Å²) < 4.78 is 0. The maximum atomic E-state index is 4.60. The van der Waals surface area contributed by atoms with Crippen molar-refractivity contribution in [1.82, 2.24) is 5.32 Å². The average molecular weight is 230 g/mol. The van der Waals surface area contributed by atoms with Gasteiger partial charge in [0.25, 0.3) is 0 Å². The third kappa shape index (κ3) is 2.83. The van der Waals surface area contributed by atoms with Crippen LogP contribution in [0.4, 0.5) is 0 Å². The van der Waals surface area contributed by atoms with Gasteiger partial charge in [-0.3, -0.25) is 4.99 Å². The molecule has 0 saturated carbocycles. The summed E-state index contributed by atoms with van der Waals surface area (Å²) in [6.45, 7) is 5.54. The minimum absolute atomic E-state index is 0.389. The Morgan fingerprint density at radius 1 is 1.50 bits per heavy atom. The number of rotatable bonds is 1. The van der Waals surface area contributed by atoms with Crippen LogP contribution < -0.4 is 5.32 Å². The molecule has 2 rings (SSSR count). The number of hydrogen-bond donors (Lipinski definition) is 1. The zero-order valence-electron chi connectivity index (χ0n) is 8.88. The fraction of sp³-hybridized carbons (Fsp3) is 0.900. The monoisotopic (exact) mass is 230 g/mol. The van der Waals surface area contributed by atoms with Crippen LogP contribution in [-0.2, 0) is 0 Å². The molecule has 4 heteroatoms. The number of nitrogens with zero attached hydrogens (tertiary/aromatic N) is 1. The molecule has 0 spiro atoms. The molecule has 2 heterocycles. The van der Waals surface area contributed by atoms with Crippen LogP contribution in [0.15, 0.2) is 4.99 Å². The van der Waals surface area contributed by atoms with E-state index in [2.05, 4.69) is 24.2 Å². The SMILES string of the molecule is CC1(C)CN=C(NC2CCSC2)SC1. The van der Waals surface area contributed by atoms with Crippen molar-refractivity contribution < 1.29 is 0 Å². The van der Waals surface area contributed by atoms with E-state index in [1.54, 1.807) is 0 Å². The summed E-state index contributed by atoms with van der Waals surface area (Å²) in [5.41, 5.74) is 0.389. The van der Waals surface area contributed by atoms with Gasteiger partial charge in [0.05, 0.1) is 0 Å². The van der Waals surface area contributed by atoms with Crippen LogP contribution in [0, 0.1) is 5.41 Å². The van der Waals surface area contributed by atoms with Crippen molar-refractivity contribution in [2.45, 2.75) is 26.3 Å². The van der Waals surface area contributed by atoms with Gasteiger partial charge in [-0.2, -0.15) is 11.8 Å². The van der Waals surface area contributed by atoms with E-state index in [0.29, 0.717) is 11.5 Å². The highest BCUT2D eigenvalue weighted by Crippen LogP contribution is 2.28. The Kier molecular flexibility index (Phi) is 3.32. The highest BCUT2D eigenvalue weighted by atomic mass is 32.2. The summed E-state index contributed by atoms with van der Waals surface area (Å²) in [6.07, 6.45) is 1.30. The smallest absolute Gasteiger partial charge is 0.156 e. The Morgan fingerprint density at radius 2 is 2.36 bits per heavy atom. The van der Waals surface area contributed by atoms with Crippen LogP contribution in [0.5, 0.6) is 0 Å². The summed E-state index contributed by atoms with van der Waals surface area (Å²) in [6, 6.07) is 0.674. The lowest BCUT2D eigenvalue weighted by atomic mass is 9.97. The molecule has 80 valence electrons. The molecule has 1 saturated heterocycles. The number of hydrogen-bond acceptors (Lipinski definition) is 4. The highest BCUT2D eigenvalue weighted by molar-refractivity contribution is 8.13. The largest absolute Gasteiger partial charge is 0.361 e. The molecule has 2 aliphatic rings. The number of nitrogens with one attached hydrogen (secondary N) is 1. The molecule has 2 aliphatic heterocycles. The molecule has 0 bridgehead atoms. The van der Waals surface area contributed by atoms with Gasteiger partial charge in [0.15, 0.2) is 5.17 Å². The first-order valence-corrected chi connectivity index (χ1v) is 7.31. The van der Waals surface area contributed by atoms with Crippen molar-refractivity contribution in [1.29, 1.82) is 0 Å². The fourth-order valence-electron chi connectivity index (χ4n) is 1.55. The second-order valence-electron chi connectivity index (χ2n) is 4.78. The summed E-state index contributed by atoms with van der Waals surface area (Å²) in [5.74, 6) is 3.75. The van der Waals surface area contributed by atoms with Crippen LogP contribution in [0.2, 0.25) is 0 Å². The maximum absolute atomic E-state index is 4.60. The predicted octanol–water partition coefficient (Wildman–Crippen LogP) is 2.21. The van der Waals surface area contributed by atoms with Crippen molar-refractivity contribution >= 4 is 28.7 Å². The molecule has 0 aliphatic carbocycles. The standard InChI is InChI=1S/C10H18N2S2/c1-10(2)6-11-9(14-7-10)12-8-3-4-13-5-8/h8H,3-7H2,1-2H3,(H,11,12). The third-order valence-corrected chi connectivity index (χ3v) is 5.12. The summed E-state index contributed by atoms with van der Waals surface area (Å²) in [7, 11) is 0. The molecule has 0 radical (unpaired) electrons. The van der Waals surface area contributed by atoms with Gasteiger partial charge in [0.1, 0.15) is 0 Å². The van der Waals surface area contributed by atoms with Gasteiger partial charge in [0.2, 0.25) is 0 Å². The molecular weight excluding hydrogens is 212 g/mol. The molecule has 1 unspecified atom stereocenters. The van der Waals surface area contributed by atoms with E-state index in [1.165, 1.54) is 28.8 Å². The predicted molar refractivity (Wildman–Crippen MR) is 67.4 cm³/mol. The number of thioether (sulfide) groups is 2. The second kappa shape index (κ2) is 4.35. The lowest BCUT2D eigenvalue weighted by Gasteiger charge is -2.28. The lowest BCUT2D eigenvalue weighted by molar-refractivity contribution is 0.436. The first-order valence-electron chi connectivity index (χ1n) is 5.17. The molecular formula is C10H18N2S2. The molecule has 0 aromatic carbocycles. The minimum atomic E-state index is 0.389. The van der Waals surface area contributed by atoms with E-state index in [9.17, 15) is 0 Å². The van der Waals surface area contributed by atoms with Gasteiger partial charge in [0, 0.05) is 24.1 Å². The van der Waals surface area contributed by atoms with Gasteiger partial charge in [-0.15, -0.1) is 0 Å². The molecule has 0 amide bonds. The quantitative estimate of drug-likeness (QED) is 0.747. The normalized spacial score (nSPS) is 31.3. The minimum Gasteiger partial charge on any atom is -0.361 e. The van der Waals surface area contributed by atoms with Crippen molar-refractivity contribution in [2.24, 2.45) is 10.4 Å². The second-order valence-corrected chi connectivity index (χ2v) is 6.89. The Balaban J connectivity index is 1.84. The van der Waals surface area contributed by atoms with Crippen LogP contribution in [0.1, 0.15) is 20.3 Å². The van der Waals surface area contributed by atoms with E-state index >= 15 is 0 Å². The Morgan fingerprint density at radius 3 is 2.93 bits per heavy atom. The molecule has 2 nitrogen and oxygen atoms in total. The maximum Gasteiger partial charge on any atom is 0.156 e. The van der Waals surface area contributed by atoms with Gasteiger partial charge in [-0.1, -0.05) is 25.6 Å². The molecule has 14 heavy (non-hydrogen) atoms. The van der Waals surface area contributed by atoms with Crippen LogP contribution in [0.25, 0.3) is 0 Å². The van der Waals surface area contributed by atoms with E-state index < -0.39 is 0 Å². The molecule has 0 aromatic heterocycles. The summed E-state index contributed by atoms with van der Waals surface area (Å²) in [4.78, 5) is 4.60. The Labute approximate surface area is 94.7 Å². The van der Waals surface area contributed by atoms with Gasteiger partial charge in [-0.05, 0) is 17.6 Å². The first kappa shape index (κ1) is 10.7. The highest BCUT2D eigenvalue weighted by Gasteiger charge is 2.25. The number of aliphatic imine (C=N–C) groups is 1. The van der Waals surface area contributed by atoms with Crippen molar-refractivity contribution in [3.8, 4) is 0 Å². The van der Waals surface area contributed by atoms with Gasteiger partial charge in [-0.25, -0.2) is 0 Å². The Bertz CT molecular complexity index is 232. The van der Waals surface area contributed by atoms with Crippen LogP contribution in [0.3, 0.4) is 0 Å². The van der Waals surface area contributed by atoms with E-state index in [1.807, 2.05) is 23.5 Å². The average Bonchev–Trinajstić information content (AvgIpc) is 2.61. The van der Waals surface area contributed by atoms with E-state index in [0.717, 1.165) is 6.54 Å². The van der Waals surface area contributed by atoms with E-state index in [-0.39, 0.29) is 0 Å². The fourth-order valence-corrected chi connectivity index (χ4v) is 3.73. The van der Waals surface area contributed by atoms with Crippen molar-refractivity contribution in [2.75, 3.05) is 23.8 Å². The molecule has 1 N–H and O–H groups in total. The van der Waals surface area contributed by atoms with Crippen molar-refractivity contribution in [3.05, 3.63) is 0 Å². The van der Waals surface area contributed by atoms with Crippen LogP contribution in [-0.4, -0.2) is 35.0 Å². The number of amidine groups is 1. The summed E-state index contributed by atoms with van der Waals surface area (Å²) in [5, 5.41) is 4.73. The molecule has 1 fully saturated rings. The van der Waals surface area contributed by atoms with E-state index in [4.69, 9.17) is 0 Å². The first-order chi connectivity index (χ1) is 6.66. The van der Waals surface area contributed by atoms with Gasteiger partial charge < -0.3 is 5.32 Å². The van der Waals surface area contributed by atoms with Crippen LogP contribution >= 0.6 is 23.5 Å². The zero-order chi connectivity index (χ0) is 10.0. The summed E-state index contributed by atoms with van der Waals surface area (Å²) >= 11 is 3.93. The molecule has 1 atom stereocenters. The van der Waals surface area contributed by atoms with Gasteiger partial charge >= 0.3 is 0 Å².